The Balaban J connectivity index is 1.35. The lowest BCUT2D eigenvalue weighted by molar-refractivity contribution is -0.187. The Bertz CT molecular complexity index is 1000. The van der Waals surface area contributed by atoms with Crippen LogP contribution in [0.4, 0.5) is 0 Å². The van der Waals surface area contributed by atoms with E-state index >= 15 is 0 Å². The van der Waals surface area contributed by atoms with Gasteiger partial charge in [0.1, 0.15) is 11.4 Å². The molecule has 2 aromatic carbocycles. The number of nitrogens with zero attached hydrogens (tertiary/aromatic N) is 1. The van der Waals surface area contributed by atoms with Gasteiger partial charge in [-0.2, -0.15) is 0 Å². The highest BCUT2D eigenvalue weighted by atomic mass is 16.5. The van der Waals surface area contributed by atoms with Gasteiger partial charge in [-0.1, -0.05) is 30.3 Å². The van der Waals surface area contributed by atoms with Gasteiger partial charge in [0.2, 0.25) is 0 Å². The fourth-order valence-electron chi connectivity index (χ4n) is 5.74. The Morgan fingerprint density at radius 1 is 1.23 bits per heavy atom. The molecule has 0 amide bonds. The van der Waals surface area contributed by atoms with E-state index in [4.69, 9.17) is 9.47 Å². The maximum Gasteiger partial charge on any atom is 0.336 e. The Kier molecular flexibility index (Phi) is 5.06. The molecule has 4 atom stereocenters. The van der Waals surface area contributed by atoms with Crippen LogP contribution in [0, 0.1) is 18.8 Å². The SMILES string of the molecule is Cc1ccc2c(c1)OC(C)(C)[C@@H]1C[C@H]3CN(Cc4ccccc4C(=O)O)CC[C@H]3O[C@@H]21. The van der Waals surface area contributed by atoms with E-state index in [1.807, 2.05) is 12.1 Å². The van der Waals surface area contributed by atoms with E-state index in [1.54, 1.807) is 12.1 Å². The molecule has 5 heteroatoms. The van der Waals surface area contributed by atoms with Gasteiger partial charge in [0.15, 0.2) is 0 Å². The zero-order chi connectivity index (χ0) is 21.8. The second-order valence-electron chi connectivity index (χ2n) is 9.93. The molecule has 0 aliphatic carbocycles. The van der Waals surface area contributed by atoms with E-state index in [2.05, 4.69) is 43.9 Å². The minimum Gasteiger partial charge on any atom is -0.487 e. The van der Waals surface area contributed by atoms with Crippen molar-refractivity contribution in [3.63, 3.8) is 0 Å². The predicted octanol–water partition coefficient (Wildman–Crippen LogP) is 4.83. The molecular weight excluding hydrogens is 390 g/mol. The molecule has 0 bridgehead atoms. The molecule has 3 aliphatic heterocycles. The van der Waals surface area contributed by atoms with Crippen molar-refractivity contribution in [2.45, 2.75) is 58.0 Å². The number of carboxylic acids is 1. The number of hydrogen-bond acceptors (Lipinski definition) is 4. The summed E-state index contributed by atoms with van der Waals surface area (Å²) in [4.78, 5) is 14.0. The molecule has 3 heterocycles. The van der Waals surface area contributed by atoms with E-state index in [1.165, 1.54) is 11.1 Å². The lowest BCUT2D eigenvalue weighted by Crippen LogP contribution is -2.55. The van der Waals surface area contributed by atoms with E-state index in [-0.39, 0.29) is 17.8 Å². The van der Waals surface area contributed by atoms with E-state index in [0.717, 1.165) is 37.2 Å². The molecule has 31 heavy (non-hydrogen) atoms. The first kappa shape index (κ1) is 20.5. The molecular formula is C26H31NO4. The Morgan fingerprint density at radius 3 is 2.84 bits per heavy atom. The van der Waals surface area contributed by atoms with Gasteiger partial charge < -0.3 is 14.6 Å². The van der Waals surface area contributed by atoms with Crippen LogP contribution in [0.2, 0.25) is 0 Å². The first-order valence-electron chi connectivity index (χ1n) is 11.3. The number of ether oxygens (including phenoxy) is 2. The second kappa shape index (κ2) is 7.64. The molecule has 5 nitrogen and oxygen atoms in total. The van der Waals surface area contributed by atoms with Crippen molar-refractivity contribution in [3.8, 4) is 5.75 Å². The highest BCUT2D eigenvalue weighted by Gasteiger charge is 2.51. The zero-order valence-electron chi connectivity index (χ0n) is 18.5. The third-order valence-electron chi connectivity index (χ3n) is 7.38. The summed E-state index contributed by atoms with van der Waals surface area (Å²) < 4.78 is 13.2. The number of piperidine rings is 1. The van der Waals surface area contributed by atoms with Crippen molar-refractivity contribution in [2.24, 2.45) is 11.8 Å². The smallest absolute Gasteiger partial charge is 0.336 e. The molecule has 164 valence electrons. The highest BCUT2D eigenvalue weighted by molar-refractivity contribution is 5.89. The summed E-state index contributed by atoms with van der Waals surface area (Å²) in [6, 6.07) is 13.8. The number of aromatic carboxylic acids is 1. The number of carbonyl (C=O) groups is 1. The molecule has 0 saturated carbocycles. The number of fused-ring (bicyclic) bond motifs is 4. The van der Waals surface area contributed by atoms with Crippen molar-refractivity contribution < 1.29 is 19.4 Å². The first-order valence-corrected chi connectivity index (χ1v) is 11.3. The molecule has 3 aliphatic rings. The van der Waals surface area contributed by atoms with Crippen molar-refractivity contribution in [3.05, 3.63) is 64.7 Å². The number of benzene rings is 2. The maximum atomic E-state index is 11.6. The van der Waals surface area contributed by atoms with Crippen LogP contribution < -0.4 is 4.74 Å². The summed E-state index contributed by atoms with van der Waals surface area (Å²) in [6.45, 7) is 8.99. The normalized spacial score (nSPS) is 29.3. The van der Waals surface area contributed by atoms with Crippen LogP contribution in [0.15, 0.2) is 42.5 Å². The Morgan fingerprint density at radius 2 is 2.03 bits per heavy atom. The monoisotopic (exact) mass is 421 g/mol. The molecule has 0 spiro atoms. The number of aryl methyl sites for hydroxylation is 1. The lowest BCUT2D eigenvalue weighted by Gasteiger charge is -2.53. The van der Waals surface area contributed by atoms with Crippen LogP contribution in [-0.4, -0.2) is 40.8 Å². The average Bonchev–Trinajstić information content (AvgIpc) is 2.72. The van der Waals surface area contributed by atoms with Crippen LogP contribution >= 0.6 is 0 Å². The van der Waals surface area contributed by atoms with Crippen LogP contribution in [0.3, 0.4) is 0 Å². The highest BCUT2D eigenvalue weighted by Crippen LogP contribution is 2.53. The van der Waals surface area contributed by atoms with Gasteiger partial charge >= 0.3 is 5.97 Å². The second-order valence-corrected chi connectivity index (χ2v) is 9.93. The van der Waals surface area contributed by atoms with Crippen molar-refractivity contribution in [1.29, 1.82) is 0 Å². The molecule has 0 aromatic heterocycles. The number of rotatable bonds is 3. The summed E-state index contributed by atoms with van der Waals surface area (Å²) in [5, 5.41) is 9.51. The number of likely N-dealkylation sites (tertiary alicyclic amines) is 1. The van der Waals surface area contributed by atoms with E-state index < -0.39 is 5.97 Å². The summed E-state index contributed by atoms with van der Waals surface area (Å²) >= 11 is 0. The summed E-state index contributed by atoms with van der Waals surface area (Å²) in [7, 11) is 0. The largest absolute Gasteiger partial charge is 0.487 e. The summed E-state index contributed by atoms with van der Waals surface area (Å²) in [6.07, 6.45) is 2.37. The van der Waals surface area contributed by atoms with Gasteiger partial charge in [-0.05, 0) is 62.8 Å². The summed E-state index contributed by atoms with van der Waals surface area (Å²) in [5.74, 6) is 0.842. The van der Waals surface area contributed by atoms with Crippen LogP contribution in [0.1, 0.15) is 59.8 Å². The van der Waals surface area contributed by atoms with Gasteiger partial charge in [-0.3, -0.25) is 4.90 Å². The maximum absolute atomic E-state index is 11.6. The van der Waals surface area contributed by atoms with Crippen molar-refractivity contribution in [2.75, 3.05) is 13.1 Å². The number of carboxylic acid groups (broad SMARTS) is 1. The minimum atomic E-state index is -0.857. The fourth-order valence-corrected chi connectivity index (χ4v) is 5.74. The van der Waals surface area contributed by atoms with Crippen molar-refractivity contribution >= 4 is 5.97 Å². The molecule has 2 aromatic rings. The van der Waals surface area contributed by atoms with Gasteiger partial charge in [0.05, 0.1) is 17.8 Å². The Labute approximate surface area is 184 Å². The van der Waals surface area contributed by atoms with Gasteiger partial charge in [0.25, 0.3) is 0 Å². The van der Waals surface area contributed by atoms with Gasteiger partial charge in [0, 0.05) is 31.1 Å². The molecule has 2 saturated heterocycles. The van der Waals surface area contributed by atoms with E-state index in [0.29, 0.717) is 23.9 Å². The quantitative estimate of drug-likeness (QED) is 0.769. The predicted molar refractivity (Wildman–Crippen MR) is 118 cm³/mol. The fraction of sp³-hybridized carbons (Fsp3) is 0.500. The summed E-state index contributed by atoms with van der Waals surface area (Å²) in [5.41, 5.74) is 3.39. The van der Waals surface area contributed by atoms with Crippen LogP contribution in [0.25, 0.3) is 0 Å². The third-order valence-corrected chi connectivity index (χ3v) is 7.38. The zero-order valence-corrected chi connectivity index (χ0v) is 18.5. The van der Waals surface area contributed by atoms with Crippen LogP contribution in [-0.2, 0) is 11.3 Å². The van der Waals surface area contributed by atoms with Gasteiger partial charge in [-0.25, -0.2) is 4.79 Å². The first-order chi connectivity index (χ1) is 14.8. The van der Waals surface area contributed by atoms with Crippen molar-refractivity contribution in [1.82, 2.24) is 4.90 Å². The molecule has 2 fully saturated rings. The lowest BCUT2D eigenvalue weighted by atomic mass is 9.70. The molecule has 5 rings (SSSR count). The van der Waals surface area contributed by atoms with Crippen LogP contribution in [0.5, 0.6) is 5.75 Å². The molecule has 0 unspecified atom stereocenters. The Hall–Kier alpha value is -2.37. The third kappa shape index (κ3) is 3.74. The average molecular weight is 422 g/mol. The minimum absolute atomic E-state index is 0.0832. The standard InChI is InChI=1S/C26H31NO4/c1-16-8-9-20-23(12-16)31-26(2,3)21-13-18-15-27(11-10-22(18)30-24(20)21)14-17-6-4-5-7-19(17)25(28)29/h4-9,12,18,21-22,24H,10-11,13-15H2,1-3H3,(H,28,29)/t18-,21+,22+,24-/m0/s1. The molecule has 0 radical (unpaired) electrons. The van der Waals surface area contributed by atoms with E-state index in [9.17, 15) is 9.90 Å². The van der Waals surface area contributed by atoms with Gasteiger partial charge in [-0.15, -0.1) is 0 Å². The molecule has 1 N–H and O–H groups in total. The topological polar surface area (TPSA) is 59.0 Å². The number of hydrogen-bond donors (Lipinski definition) is 1.